The summed E-state index contributed by atoms with van der Waals surface area (Å²) in [5.41, 5.74) is 2.30. The first kappa shape index (κ1) is 22.2. The first-order chi connectivity index (χ1) is 14.9. The second kappa shape index (κ2) is 9.99. The van der Waals surface area contributed by atoms with Crippen LogP contribution in [0.1, 0.15) is 12.5 Å². The number of anilines is 2. The summed E-state index contributed by atoms with van der Waals surface area (Å²) in [6, 6.07) is 20.0. The number of hydrogen-bond acceptors (Lipinski definition) is 5. The molecule has 0 aliphatic heterocycles. The molecule has 8 heteroatoms. The molecule has 7 nitrogen and oxygen atoms in total. The Morgan fingerprint density at radius 2 is 1.42 bits per heavy atom. The predicted octanol–water partition coefficient (Wildman–Crippen LogP) is 4.08. The van der Waals surface area contributed by atoms with Crippen molar-refractivity contribution >= 4 is 27.3 Å². The number of rotatable bonds is 9. The van der Waals surface area contributed by atoms with E-state index in [1.54, 1.807) is 24.3 Å². The molecule has 0 fully saturated rings. The maximum atomic E-state index is 12.5. The van der Waals surface area contributed by atoms with Crippen molar-refractivity contribution < 1.29 is 22.7 Å². The Kier molecular flexibility index (Phi) is 7.15. The van der Waals surface area contributed by atoms with Gasteiger partial charge in [0.05, 0.1) is 12.0 Å². The number of carbonyl (C=O) groups excluding carboxylic acids is 1. The zero-order valence-electron chi connectivity index (χ0n) is 17.3. The van der Waals surface area contributed by atoms with Crippen LogP contribution in [0.25, 0.3) is 0 Å². The Morgan fingerprint density at radius 1 is 0.839 bits per heavy atom. The maximum absolute atomic E-state index is 12.5. The minimum absolute atomic E-state index is 0.0798. The summed E-state index contributed by atoms with van der Waals surface area (Å²) >= 11 is 0. The van der Waals surface area contributed by atoms with Gasteiger partial charge < -0.3 is 14.8 Å². The van der Waals surface area contributed by atoms with Crippen LogP contribution in [0.15, 0.2) is 77.7 Å². The van der Waals surface area contributed by atoms with Crippen LogP contribution in [-0.2, 0) is 21.2 Å². The third-order valence-electron chi connectivity index (χ3n) is 4.49. The van der Waals surface area contributed by atoms with Crippen LogP contribution in [0.2, 0.25) is 0 Å². The van der Waals surface area contributed by atoms with Crippen molar-refractivity contribution in [1.82, 2.24) is 0 Å². The van der Waals surface area contributed by atoms with Gasteiger partial charge in [0, 0.05) is 11.4 Å². The number of aryl methyl sites for hydroxylation is 1. The Bertz CT molecular complexity index is 1110. The Balaban J connectivity index is 1.55. The van der Waals surface area contributed by atoms with Crippen LogP contribution >= 0.6 is 0 Å². The number of carbonyl (C=O) groups is 1. The van der Waals surface area contributed by atoms with E-state index in [0.29, 0.717) is 22.9 Å². The highest BCUT2D eigenvalue weighted by Gasteiger charge is 2.14. The van der Waals surface area contributed by atoms with E-state index >= 15 is 0 Å². The Labute approximate surface area is 182 Å². The number of nitrogens with one attached hydrogen (secondary N) is 2. The molecule has 2 N–H and O–H groups in total. The number of benzene rings is 3. The third-order valence-corrected chi connectivity index (χ3v) is 5.89. The average molecular weight is 441 g/mol. The number of amides is 1. The van der Waals surface area contributed by atoms with E-state index in [1.807, 2.05) is 24.3 Å². The fraction of sp³-hybridized carbons (Fsp3) is 0.174. The van der Waals surface area contributed by atoms with Crippen molar-refractivity contribution in [3.8, 4) is 11.5 Å². The standard InChI is InChI=1S/C23H24N2O5S/c1-3-17-4-6-18(7-5-17)24-23(26)16-30-21-12-14-22(15-13-21)31(27,28)25-19-8-10-20(29-2)11-9-19/h4-15,25H,3,16H2,1-2H3,(H,24,26). The van der Waals surface area contributed by atoms with Gasteiger partial charge >= 0.3 is 0 Å². The normalized spacial score (nSPS) is 10.9. The van der Waals surface area contributed by atoms with Crippen LogP contribution < -0.4 is 19.5 Å². The summed E-state index contributed by atoms with van der Waals surface area (Å²) in [6.07, 6.45) is 0.929. The molecule has 3 aromatic carbocycles. The number of sulfonamides is 1. The van der Waals surface area contributed by atoms with Crippen LogP contribution in [0.4, 0.5) is 11.4 Å². The van der Waals surface area contributed by atoms with Gasteiger partial charge in [0.1, 0.15) is 11.5 Å². The lowest BCUT2D eigenvalue weighted by atomic mass is 10.1. The lowest BCUT2D eigenvalue weighted by Crippen LogP contribution is -2.20. The van der Waals surface area contributed by atoms with E-state index in [2.05, 4.69) is 17.0 Å². The summed E-state index contributed by atoms with van der Waals surface area (Å²) in [4.78, 5) is 12.1. The van der Waals surface area contributed by atoms with Crippen LogP contribution in [0.5, 0.6) is 11.5 Å². The average Bonchev–Trinajstić information content (AvgIpc) is 2.79. The van der Waals surface area contributed by atoms with Gasteiger partial charge in [-0.3, -0.25) is 9.52 Å². The molecule has 0 aliphatic rings. The minimum atomic E-state index is -3.75. The zero-order valence-corrected chi connectivity index (χ0v) is 18.1. The molecule has 3 aromatic rings. The molecule has 0 radical (unpaired) electrons. The quantitative estimate of drug-likeness (QED) is 0.523. The highest BCUT2D eigenvalue weighted by Crippen LogP contribution is 2.21. The second-order valence-electron chi connectivity index (χ2n) is 6.69. The number of methoxy groups -OCH3 is 1. The first-order valence-corrected chi connectivity index (χ1v) is 11.2. The van der Waals surface area contributed by atoms with Gasteiger partial charge in [0.15, 0.2) is 6.61 Å². The lowest BCUT2D eigenvalue weighted by Gasteiger charge is -2.10. The van der Waals surface area contributed by atoms with Crippen molar-refractivity contribution in [2.24, 2.45) is 0 Å². The monoisotopic (exact) mass is 440 g/mol. The number of hydrogen-bond donors (Lipinski definition) is 2. The van der Waals surface area contributed by atoms with Gasteiger partial charge in [0.2, 0.25) is 0 Å². The van der Waals surface area contributed by atoms with E-state index in [0.717, 1.165) is 6.42 Å². The number of ether oxygens (including phenoxy) is 2. The van der Waals surface area contributed by atoms with Crippen molar-refractivity contribution in [1.29, 1.82) is 0 Å². The first-order valence-electron chi connectivity index (χ1n) is 9.68. The molecule has 162 valence electrons. The van der Waals surface area contributed by atoms with Gasteiger partial charge in [-0.1, -0.05) is 19.1 Å². The van der Waals surface area contributed by atoms with Crippen molar-refractivity contribution in [3.63, 3.8) is 0 Å². The van der Waals surface area contributed by atoms with E-state index in [-0.39, 0.29) is 17.4 Å². The highest BCUT2D eigenvalue weighted by atomic mass is 32.2. The summed E-state index contributed by atoms with van der Waals surface area (Å²) in [5, 5.41) is 2.76. The van der Waals surface area contributed by atoms with Gasteiger partial charge in [-0.25, -0.2) is 8.42 Å². The molecule has 0 saturated heterocycles. The highest BCUT2D eigenvalue weighted by molar-refractivity contribution is 7.92. The van der Waals surface area contributed by atoms with E-state index in [4.69, 9.17) is 9.47 Å². The zero-order chi connectivity index (χ0) is 22.3. The second-order valence-corrected chi connectivity index (χ2v) is 8.38. The summed E-state index contributed by atoms with van der Waals surface area (Å²) < 4.78 is 38.1. The topological polar surface area (TPSA) is 93.7 Å². The van der Waals surface area contributed by atoms with Crippen molar-refractivity contribution in [2.45, 2.75) is 18.2 Å². The fourth-order valence-corrected chi connectivity index (χ4v) is 3.82. The third kappa shape index (κ3) is 6.23. The van der Waals surface area contributed by atoms with Crippen LogP contribution in [-0.4, -0.2) is 28.0 Å². The molecule has 0 bridgehead atoms. The molecular weight excluding hydrogens is 416 g/mol. The minimum Gasteiger partial charge on any atom is -0.497 e. The maximum Gasteiger partial charge on any atom is 0.262 e. The molecule has 0 unspecified atom stereocenters. The van der Waals surface area contributed by atoms with Crippen LogP contribution in [0.3, 0.4) is 0 Å². The Morgan fingerprint density at radius 3 is 2.00 bits per heavy atom. The predicted molar refractivity (Wildman–Crippen MR) is 120 cm³/mol. The van der Waals surface area contributed by atoms with E-state index in [1.165, 1.54) is 36.9 Å². The summed E-state index contributed by atoms with van der Waals surface area (Å²) in [5.74, 6) is 0.716. The molecule has 3 rings (SSSR count). The summed E-state index contributed by atoms with van der Waals surface area (Å²) in [6.45, 7) is 1.87. The molecule has 31 heavy (non-hydrogen) atoms. The largest absolute Gasteiger partial charge is 0.497 e. The van der Waals surface area contributed by atoms with E-state index < -0.39 is 10.0 Å². The molecule has 0 aliphatic carbocycles. The molecule has 0 spiro atoms. The molecule has 0 heterocycles. The SMILES string of the molecule is CCc1ccc(NC(=O)COc2ccc(S(=O)(=O)Nc3ccc(OC)cc3)cc2)cc1. The smallest absolute Gasteiger partial charge is 0.262 e. The molecule has 0 aromatic heterocycles. The Hall–Kier alpha value is -3.52. The van der Waals surface area contributed by atoms with Gasteiger partial charge in [-0.05, 0) is 72.6 Å². The van der Waals surface area contributed by atoms with Crippen molar-refractivity contribution in [2.75, 3.05) is 23.8 Å². The molecule has 1 amide bonds. The van der Waals surface area contributed by atoms with E-state index in [9.17, 15) is 13.2 Å². The fourth-order valence-electron chi connectivity index (χ4n) is 2.76. The van der Waals surface area contributed by atoms with Crippen molar-refractivity contribution in [3.05, 3.63) is 78.4 Å². The molecular formula is C23H24N2O5S. The lowest BCUT2D eigenvalue weighted by molar-refractivity contribution is -0.118. The molecule has 0 saturated carbocycles. The molecule has 0 atom stereocenters. The van der Waals surface area contributed by atoms with Gasteiger partial charge in [0.25, 0.3) is 15.9 Å². The summed E-state index contributed by atoms with van der Waals surface area (Å²) in [7, 11) is -2.22. The van der Waals surface area contributed by atoms with Gasteiger partial charge in [-0.15, -0.1) is 0 Å². The van der Waals surface area contributed by atoms with Gasteiger partial charge in [-0.2, -0.15) is 0 Å². The van der Waals surface area contributed by atoms with Crippen LogP contribution in [0, 0.1) is 0 Å².